The van der Waals surface area contributed by atoms with Gasteiger partial charge in [-0.3, -0.25) is 0 Å². The van der Waals surface area contributed by atoms with Gasteiger partial charge >= 0.3 is 6.09 Å². The first-order valence-corrected chi connectivity index (χ1v) is 8.97. The summed E-state index contributed by atoms with van der Waals surface area (Å²) >= 11 is 0. The van der Waals surface area contributed by atoms with E-state index in [0.29, 0.717) is 29.9 Å². The monoisotopic (exact) mass is 361 g/mol. The predicted octanol–water partition coefficient (Wildman–Crippen LogP) is 2.93. The van der Waals surface area contributed by atoms with Gasteiger partial charge in [0.2, 0.25) is 0 Å². The van der Waals surface area contributed by atoms with Crippen LogP contribution in [0.2, 0.25) is 0 Å². The van der Waals surface area contributed by atoms with Crippen LogP contribution in [-0.2, 0) is 4.74 Å². The number of nitrogens with one attached hydrogen (secondary N) is 1. The molecule has 26 heavy (non-hydrogen) atoms. The molecule has 0 aromatic carbocycles. The van der Waals surface area contributed by atoms with Crippen molar-refractivity contribution in [3.05, 3.63) is 18.3 Å². The lowest BCUT2D eigenvalue weighted by molar-refractivity contribution is 0.0276. The molecular formula is C18H24FN5O2. The van der Waals surface area contributed by atoms with Crippen molar-refractivity contribution in [2.75, 3.05) is 31.1 Å². The average Bonchev–Trinajstić information content (AvgIpc) is 3.27. The van der Waals surface area contributed by atoms with Crippen LogP contribution < -0.4 is 4.90 Å². The lowest BCUT2D eigenvalue weighted by Gasteiger charge is -2.27. The van der Waals surface area contributed by atoms with Crippen LogP contribution in [0.15, 0.2) is 12.5 Å². The van der Waals surface area contributed by atoms with Crippen molar-refractivity contribution in [2.45, 2.75) is 39.2 Å². The van der Waals surface area contributed by atoms with E-state index >= 15 is 0 Å². The zero-order valence-corrected chi connectivity index (χ0v) is 15.4. The number of amides is 1. The second-order valence-corrected chi connectivity index (χ2v) is 8.38. The highest BCUT2D eigenvalue weighted by molar-refractivity contribution is 5.88. The number of fused-ring (bicyclic) bond motifs is 1. The summed E-state index contributed by atoms with van der Waals surface area (Å²) in [5, 5.41) is 0.437. The maximum absolute atomic E-state index is 14.1. The normalized spacial score (nSPS) is 23.4. The van der Waals surface area contributed by atoms with Gasteiger partial charge in [0.15, 0.2) is 5.82 Å². The van der Waals surface area contributed by atoms with Crippen molar-refractivity contribution in [1.29, 1.82) is 0 Å². The lowest BCUT2D eigenvalue weighted by Crippen LogP contribution is -2.37. The van der Waals surface area contributed by atoms with Gasteiger partial charge in [0.05, 0.1) is 5.39 Å². The van der Waals surface area contributed by atoms with Gasteiger partial charge in [-0.1, -0.05) is 0 Å². The molecule has 0 bridgehead atoms. The molecule has 1 amide bonds. The molecule has 0 saturated carbocycles. The molecule has 2 aliphatic heterocycles. The molecule has 1 atom stereocenters. The van der Waals surface area contributed by atoms with Crippen LogP contribution in [0.5, 0.6) is 0 Å². The second kappa shape index (κ2) is 5.82. The zero-order chi connectivity index (χ0) is 18.5. The Morgan fingerprint density at radius 1 is 1.27 bits per heavy atom. The van der Waals surface area contributed by atoms with Crippen molar-refractivity contribution >= 4 is 22.9 Å². The number of anilines is 1. The van der Waals surface area contributed by atoms with Gasteiger partial charge in [0.25, 0.3) is 0 Å². The molecule has 2 aliphatic rings. The van der Waals surface area contributed by atoms with E-state index in [4.69, 9.17) is 4.74 Å². The molecule has 2 aromatic heterocycles. The lowest BCUT2D eigenvalue weighted by atomic mass is 9.86. The Bertz CT molecular complexity index is 846. The summed E-state index contributed by atoms with van der Waals surface area (Å²) < 4.78 is 19.6. The maximum Gasteiger partial charge on any atom is 0.410 e. The number of H-pyrrole nitrogens is 1. The van der Waals surface area contributed by atoms with Crippen molar-refractivity contribution < 1.29 is 13.9 Å². The van der Waals surface area contributed by atoms with E-state index in [1.807, 2.05) is 20.8 Å². The largest absolute Gasteiger partial charge is 0.444 e. The van der Waals surface area contributed by atoms with Crippen LogP contribution in [0.1, 0.15) is 33.6 Å². The summed E-state index contributed by atoms with van der Waals surface area (Å²) in [6, 6.07) is 0. The van der Waals surface area contributed by atoms with Crippen molar-refractivity contribution in [3.63, 3.8) is 0 Å². The molecule has 1 N–H and O–H groups in total. The third-order valence-electron chi connectivity index (χ3n) is 5.23. The van der Waals surface area contributed by atoms with Crippen LogP contribution >= 0.6 is 0 Å². The first-order chi connectivity index (χ1) is 12.3. The zero-order valence-electron chi connectivity index (χ0n) is 15.4. The van der Waals surface area contributed by atoms with Crippen molar-refractivity contribution in [1.82, 2.24) is 19.9 Å². The topological polar surface area (TPSA) is 74.3 Å². The first kappa shape index (κ1) is 17.1. The minimum Gasteiger partial charge on any atom is -0.444 e. The van der Waals surface area contributed by atoms with Gasteiger partial charge in [0, 0.05) is 37.8 Å². The third-order valence-corrected chi connectivity index (χ3v) is 5.23. The van der Waals surface area contributed by atoms with Gasteiger partial charge in [-0.05, 0) is 33.6 Å². The maximum atomic E-state index is 14.1. The minimum absolute atomic E-state index is 0.0148. The minimum atomic E-state index is -0.493. The molecule has 0 radical (unpaired) electrons. The van der Waals surface area contributed by atoms with Gasteiger partial charge in [-0.15, -0.1) is 0 Å². The van der Waals surface area contributed by atoms with E-state index in [9.17, 15) is 9.18 Å². The molecule has 8 heteroatoms. The molecule has 2 fully saturated rings. The molecule has 1 unspecified atom stereocenters. The highest BCUT2D eigenvalue weighted by atomic mass is 19.1. The van der Waals surface area contributed by atoms with Crippen molar-refractivity contribution in [3.8, 4) is 0 Å². The average molecular weight is 361 g/mol. The van der Waals surface area contributed by atoms with Crippen molar-refractivity contribution in [2.24, 2.45) is 5.41 Å². The standard InChI is InChI=1S/C18H24FN5O2/c1-17(2,3)26-16(25)24-7-5-18(10-24)4-6-23(9-18)15-13-12(19)8-20-14(13)21-11-22-15/h8,11H,4-7,9-10H2,1-3H3,(H,20,21,22). The number of hydrogen-bond donors (Lipinski definition) is 1. The van der Waals surface area contributed by atoms with E-state index in [0.717, 1.165) is 25.9 Å². The number of nitrogens with zero attached hydrogens (tertiary/aromatic N) is 4. The fourth-order valence-corrected chi connectivity index (χ4v) is 4.02. The van der Waals surface area contributed by atoms with Crippen LogP contribution in [0.3, 0.4) is 0 Å². The highest BCUT2D eigenvalue weighted by Gasteiger charge is 2.46. The van der Waals surface area contributed by atoms with Gasteiger partial charge in [0.1, 0.15) is 23.4 Å². The quantitative estimate of drug-likeness (QED) is 0.845. The Labute approximate surface area is 151 Å². The molecule has 4 rings (SSSR count). The number of rotatable bonds is 1. The third kappa shape index (κ3) is 2.97. The number of carbonyl (C=O) groups is 1. The van der Waals surface area contributed by atoms with Crippen LogP contribution in [0, 0.1) is 11.2 Å². The summed E-state index contributed by atoms with van der Waals surface area (Å²) in [4.78, 5) is 27.5. The summed E-state index contributed by atoms with van der Waals surface area (Å²) in [7, 11) is 0. The summed E-state index contributed by atoms with van der Waals surface area (Å²) in [5.41, 5.74) is 0.0312. The van der Waals surface area contributed by atoms with Crippen LogP contribution in [0.25, 0.3) is 11.0 Å². The van der Waals surface area contributed by atoms with E-state index in [1.165, 1.54) is 12.5 Å². The molecule has 0 aliphatic carbocycles. The molecule has 4 heterocycles. The van der Waals surface area contributed by atoms with E-state index in [2.05, 4.69) is 19.9 Å². The van der Waals surface area contributed by atoms with E-state index in [1.54, 1.807) is 4.90 Å². The number of halogens is 1. The number of aromatic nitrogens is 3. The Morgan fingerprint density at radius 3 is 2.81 bits per heavy atom. The molecule has 2 aromatic rings. The van der Waals surface area contributed by atoms with Crippen LogP contribution in [-0.4, -0.2) is 57.7 Å². The highest BCUT2D eigenvalue weighted by Crippen LogP contribution is 2.42. The number of likely N-dealkylation sites (tertiary alicyclic amines) is 1. The summed E-state index contributed by atoms with van der Waals surface area (Å²) in [6.07, 6.45) is 4.39. The van der Waals surface area contributed by atoms with E-state index < -0.39 is 5.60 Å². The Hall–Kier alpha value is -2.38. The molecular weight excluding hydrogens is 337 g/mol. The van der Waals surface area contributed by atoms with Gasteiger partial charge < -0.3 is 19.5 Å². The smallest absolute Gasteiger partial charge is 0.410 e. The first-order valence-electron chi connectivity index (χ1n) is 8.97. The molecule has 1 spiro atoms. The van der Waals surface area contributed by atoms with Gasteiger partial charge in [-0.25, -0.2) is 19.2 Å². The van der Waals surface area contributed by atoms with Gasteiger partial charge in [-0.2, -0.15) is 0 Å². The summed E-state index contributed by atoms with van der Waals surface area (Å²) in [6.45, 7) is 8.53. The SMILES string of the molecule is CC(C)(C)OC(=O)N1CCC2(CCN(c3ncnc4[nH]cc(F)c34)C2)C1. The second-order valence-electron chi connectivity index (χ2n) is 8.38. The fourth-order valence-electron chi connectivity index (χ4n) is 4.02. The number of carbonyl (C=O) groups excluding carboxylic acids is 1. The number of aromatic amines is 1. The molecule has 2 saturated heterocycles. The van der Waals surface area contributed by atoms with E-state index in [-0.39, 0.29) is 17.3 Å². The molecule has 7 nitrogen and oxygen atoms in total. The van der Waals surface area contributed by atoms with Crippen LogP contribution in [0.4, 0.5) is 15.0 Å². The Kier molecular flexibility index (Phi) is 3.82. The number of hydrogen-bond acceptors (Lipinski definition) is 5. The molecule has 140 valence electrons. The fraction of sp³-hybridized carbons (Fsp3) is 0.611. The summed E-state index contributed by atoms with van der Waals surface area (Å²) in [5.74, 6) is 0.291. The predicted molar refractivity (Wildman–Crippen MR) is 95.5 cm³/mol. The number of ether oxygens (including phenoxy) is 1. The Morgan fingerprint density at radius 2 is 2.04 bits per heavy atom. The Balaban J connectivity index is 1.50.